The fourth-order valence-corrected chi connectivity index (χ4v) is 4.55. The van der Waals surface area contributed by atoms with Crippen molar-refractivity contribution >= 4 is 23.1 Å². The van der Waals surface area contributed by atoms with Crippen LogP contribution in [0.3, 0.4) is 0 Å². The molecule has 6 heteroatoms. The Balaban J connectivity index is 1.81. The van der Waals surface area contributed by atoms with E-state index < -0.39 is 5.41 Å². The van der Waals surface area contributed by atoms with Crippen LogP contribution in [0.1, 0.15) is 56.9 Å². The Bertz CT molecular complexity index is 1210. The fourth-order valence-electron chi connectivity index (χ4n) is 4.55. The van der Waals surface area contributed by atoms with E-state index in [0.717, 1.165) is 47.1 Å². The van der Waals surface area contributed by atoms with Crippen molar-refractivity contribution in [2.24, 2.45) is 0 Å². The maximum atomic E-state index is 13.1. The lowest BCUT2D eigenvalue weighted by molar-refractivity contribution is 0.0735. The molecule has 1 fully saturated rings. The van der Waals surface area contributed by atoms with Gasteiger partial charge in [-0.25, -0.2) is 0 Å². The fraction of sp³-hybridized carbons (Fsp3) is 0.320. The Hall–Kier alpha value is -3.43. The highest BCUT2D eigenvalue weighted by Crippen LogP contribution is 2.38. The minimum Gasteiger partial charge on any atom is -0.357 e. The molecule has 6 nitrogen and oxygen atoms in total. The number of rotatable bonds is 4. The Morgan fingerprint density at radius 1 is 1.16 bits per heavy atom. The summed E-state index contributed by atoms with van der Waals surface area (Å²) in [6.45, 7) is 9.07. The lowest BCUT2D eigenvalue weighted by atomic mass is 9.77. The molecule has 31 heavy (non-hydrogen) atoms. The Kier molecular flexibility index (Phi) is 5.38. The van der Waals surface area contributed by atoms with Gasteiger partial charge in [-0.3, -0.25) is 9.59 Å². The number of amides is 1. The van der Waals surface area contributed by atoms with Gasteiger partial charge in [0.2, 0.25) is 0 Å². The van der Waals surface area contributed by atoms with Crippen LogP contribution in [0, 0.1) is 18.3 Å². The number of aromatic amines is 1. The summed E-state index contributed by atoms with van der Waals surface area (Å²) < 4.78 is 0. The molecule has 3 aromatic rings. The van der Waals surface area contributed by atoms with Gasteiger partial charge in [-0.15, -0.1) is 0 Å². The van der Waals surface area contributed by atoms with Crippen LogP contribution in [0.25, 0.3) is 10.9 Å². The van der Waals surface area contributed by atoms with Crippen LogP contribution in [0.15, 0.2) is 36.4 Å². The molecule has 1 aliphatic rings. The average molecular weight is 415 g/mol. The van der Waals surface area contributed by atoms with Crippen LogP contribution >= 0.6 is 0 Å². The van der Waals surface area contributed by atoms with Crippen molar-refractivity contribution in [3.8, 4) is 6.07 Å². The summed E-state index contributed by atoms with van der Waals surface area (Å²) in [5.74, 6) is -0.0111. The minimum atomic E-state index is -0.550. The molecule has 2 aromatic carbocycles. The molecule has 0 atom stereocenters. The number of hydrogen-bond acceptors (Lipinski definition) is 4. The summed E-state index contributed by atoms with van der Waals surface area (Å²) >= 11 is 0. The van der Waals surface area contributed by atoms with Crippen molar-refractivity contribution in [2.75, 3.05) is 26.2 Å². The van der Waals surface area contributed by atoms with E-state index in [4.69, 9.17) is 0 Å². The summed E-state index contributed by atoms with van der Waals surface area (Å²) in [6, 6.07) is 13.1. The maximum absolute atomic E-state index is 13.1. The van der Waals surface area contributed by atoms with E-state index in [-0.39, 0.29) is 5.91 Å². The van der Waals surface area contributed by atoms with Crippen molar-refractivity contribution in [1.29, 1.82) is 5.26 Å². The van der Waals surface area contributed by atoms with Gasteiger partial charge < -0.3 is 15.2 Å². The van der Waals surface area contributed by atoms with Gasteiger partial charge in [0.15, 0.2) is 0 Å². The molecule has 0 unspecified atom stereocenters. The van der Waals surface area contributed by atoms with E-state index in [0.29, 0.717) is 29.8 Å². The third-order valence-electron chi connectivity index (χ3n) is 6.32. The number of H-pyrrole nitrogens is 1. The molecule has 1 saturated heterocycles. The van der Waals surface area contributed by atoms with Crippen LogP contribution in [-0.4, -0.2) is 48.3 Å². The first kappa shape index (κ1) is 20.8. The van der Waals surface area contributed by atoms with Crippen LogP contribution < -0.4 is 5.32 Å². The van der Waals surface area contributed by atoms with E-state index in [1.807, 2.05) is 36.1 Å². The summed E-state index contributed by atoms with van der Waals surface area (Å²) in [5, 5.41) is 13.5. The topological polar surface area (TPSA) is 89.0 Å². The van der Waals surface area contributed by atoms with Gasteiger partial charge in [-0.05, 0) is 42.3 Å². The number of nitriles is 1. The molecule has 158 valence electrons. The van der Waals surface area contributed by atoms with Gasteiger partial charge in [-0.1, -0.05) is 26.0 Å². The second kappa shape index (κ2) is 8.01. The zero-order valence-electron chi connectivity index (χ0n) is 18.1. The van der Waals surface area contributed by atoms with Crippen LogP contribution in [0.4, 0.5) is 0 Å². The Morgan fingerprint density at radius 3 is 2.58 bits per heavy atom. The predicted molar refractivity (Wildman–Crippen MR) is 120 cm³/mol. The first-order valence-electron chi connectivity index (χ1n) is 10.5. The highest BCUT2D eigenvalue weighted by atomic mass is 16.2. The van der Waals surface area contributed by atoms with Crippen molar-refractivity contribution in [3.05, 3.63) is 69.9 Å². The smallest absolute Gasteiger partial charge is 0.253 e. The monoisotopic (exact) mass is 414 g/mol. The van der Waals surface area contributed by atoms with Gasteiger partial charge >= 0.3 is 0 Å². The highest BCUT2D eigenvalue weighted by molar-refractivity contribution is 5.96. The lowest BCUT2D eigenvalue weighted by Crippen LogP contribution is -2.46. The minimum absolute atomic E-state index is 0.0111. The van der Waals surface area contributed by atoms with Gasteiger partial charge in [0.1, 0.15) is 6.29 Å². The van der Waals surface area contributed by atoms with Crippen LogP contribution in [0.2, 0.25) is 0 Å². The Morgan fingerprint density at radius 2 is 1.90 bits per heavy atom. The highest BCUT2D eigenvalue weighted by Gasteiger charge is 2.31. The van der Waals surface area contributed by atoms with Gasteiger partial charge in [0.25, 0.3) is 5.91 Å². The first-order chi connectivity index (χ1) is 14.9. The molecule has 2 heterocycles. The molecule has 2 N–H and O–H groups in total. The van der Waals surface area contributed by atoms with E-state index in [1.165, 1.54) is 0 Å². The number of nitrogens with one attached hydrogen (secondary N) is 2. The summed E-state index contributed by atoms with van der Waals surface area (Å²) in [5.41, 5.74) is 4.93. The largest absolute Gasteiger partial charge is 0.357 e. The molecule has 0 aliphatic carbocycles. The molecule has 1 aliphatic heterocycles. The van der Waals surface area contributed by atoms with E-state index in [9.17, 15) is 14.9 Å². The number of aldehydes is 1. The molecule has 4 rings (SSSR count). The normalized spacial score (nSPS) is 14.5. The third kappa shape index (κ3) is 3.62. The standard InChI is InChI=1S/C25H26N4O2/c1-16-20-7-4-17(14-26)12-22(20)28-23(16)25(2,3)21-13-18(5-6-19(21)15-30)24(31)29-10-8-27-9-11-29/h4-7,12-13,15,27-28H,8-11H2,1-3H3. The van der Waals surface area contributed by atoms with E-state index >= 15 is 0 Å². The number of nitrogens with zero attached hydrogens (tertiary/aromatic N) is 2. The zero-order valence-corrected chi connectivity index (χ0v) is 18.1. The molecular weight excluding hydrogens is 388 g/mol. The summed E-state index contributed by atoms with van der Waals surface area (Å²) in [4.78, 5) is 30.3. The molecule has 1 amide bonds. The quantitative estimate of drug-likeness (QED) is 0.639. The van der Waals surface area contributed by atoms with Gasteiger partial charge in [0, 0.05) is 59.3 Å². The second-order valence-electron chi connectivity index (χ2n) is 8.58. The average Bonchev–Trinajstić information content (AvgIpc) is 3.15. The Labute approximate surface area is 181 Å². The number of benzene rings is 2. The molecule has 0 bridgehead atoms. The second-order valence-corrected chi connectivity index (χ2v) is 8.58. The molecular formula is C25H26N4O2. The number of hydrogen-bond donors (Lipinski definition) is 2. The number of piperazine rings is 1. The van der Waals surface area contributed by atoms with Crippen LogP contribution in [0.5, 0.6) is 0 Å². The maximum Gasteiger partial charge on any atom is 0.253 e. The van der Waals surface area contributed by atoms with E-state index in [2.05, 4.69) is 30.2 Å². The summed E-state index contributed by atoms with van der Waals surface area (Å²) in [7, 11) is 0. The first-order valence-corrected chi connectivity index (χ1v) is 10.5. The molecule has 1 aromatic heterocycles. The lowest BCUT2D eigenvalue weighted by Gasteiger charge is -2.30. The number of aryl methyl sites for hydroxylation is 1. The predicted octanol–water partition coefficient (Wildman–Crippen LogP) is 3.53. The third-order valence-corrected chi connectivity index (χ3v) is 6.32. The van der Waals surface area contributed by atoms with Gasteiger partial charge in [0.05, 0.1) is 11.6 Å². The van der Waals surface area contributed by atoms with Crippen LogP contribution in [-0.2, 0) is 5.41 Å². The van der Waals surface area contributed by atoms with Crippen molar-refractivity contribution in [1.82, 2.24) is 15.2 Å². The number of fused-ring (bicyclic) bond motifs is 1. The molecule has 0 radical (unpaired) electrons. The number of carbonyl (C=O) groups is 2. The van der Waals surface area contributed by atoms with Crippen molar-refractivity contribution in [2.45, 2.75) is 26.2 Å². The van der Waals surface area contributed by atoms with Crippen molar-refractivity contribution in [3.63, 3.8) is 0 Å². The van der Waals surface area contributed by atoms with Gasteiger partial charge in [-0.2, -0.15) is 5.26 Å². The zero-order chi connectivity index (χ0) is 22.2. The van der Waals surface area contributed by atoms with E-state index in [1.54, 1.807) is 12.1 Å². The molecule has 0 spiro atoms. The molecule has 0 saturated carbocycles. The summed E-state index contributed by atoms with van der Waals surface area (Å²) in [6.07, 6.45) is 0.849. The van der Waals surface area contributed by atoms with Crippen molar-refractivity contribution < 1.29 is 9.59 Å². The SMILES string of the molecule is Cc1c(C(C)(C)c2cc(C(=O)N3CCNCC3)ccc2C=O)[nH]c2cc(C#N)ccc12. The number of aromatic nitrogens is 1. The number of carbonyl (C=O) groups excluding carboxylic acids is 2.